The zero-order valence-electron chi connectivity index (χ0n) is 15.7. The van der Waals surface area contributed by atoms with Crippen molar-refractivity contribution >= 4 is 26.7 Å². The molecular formula is C19H26N4O3S. The van der Waals surface area contributed by atoms with Gasteiger partial charge in [0.15, 0.2) is 0 Å². The number of hydrogen-bond donors (Lipinski definition) is 1. The van der Waals surface area contributed by atoms with Gasteiger partial charge in [0.2, 0.25) is 15.9 Å². The van der Waals surface area contributed by atoms with Crippen LogP contribution in [0.4, 0.5) is 0 Å². The molecule has 2 N–H and O–H groups in total. The molecule has 8 heteroatoms. The van der Waals surface area contributed by atoms with Gasteiger partial charge in [-0.15, -0.1) is 0 Å². The number of pyridine rings is 1. The van der Waals surface area contributed by atoms with Crippen molar-refractivity contribution in [2.45, 2.75) is 31.2 Å². The molecule has 1 aliphatic rings. The highest BCUT2D eigenvalue weighted by molar-refractivity contribution is 7.89. The van der Waals surface area contributed by atoms with Crippen LogP contribution in [0, 0.1) is 5.92 Å². The van der Waals surface area contributed by atoms with Crippen molar-refractivity contribution in [2.24, 2.45) is 11.7 Å². The van der Waals surface area contributed by atoms with Gasteiger partial charge in [0.05, 0.1) is 10.9 Å². The molecule has 1 amide bonds. The Hall–Kier alpha value is -2.03. The molecule has 1 aliphatic heterocycles. The summed E-state index contributed by atoms with van der Waals surface area (Å²) in [5, 5.41) is 1.44. The largest absolute Gasteiger partial charge is 0.340 e. The smallest absolute Gasteiger partial charge is 0.243 e. The number of sulfonamides is 1. The van der Waals surface area contributed by atoms with Gasteiger partial charge < -0.3 is 10.6 Å². The summed E-state index contributed by atoms with van der Waals surface area (Å²) in [6, 6.07) is 6.36. The summed E-state index contributed by atoms with van der Waals surface area (Å²) in [5.41, 5.74) is 5.99. The fraction of sp³-hybridized carbons (Fsp3) is 0.474. The van der Waals surface area contributed by atoms with Gasteiger partial charge >= 0.3 is 0 Å². The zero-order chi connectivity index (χ0) is 19.6. The molecular weight excluding hydrogens is 364 g/mol. The Morgan fingerprint density at radius 3 is 2.67 bits per heavy atom. The third-order valence-corrected chi connectivity index (χ3v) is 6.99. The maximum Gasteiger partial charge on any atom is 0.243 e. The Bertz CT molecular complexity index is 924. The van der Waals surface area contributed by atoms with Crippen molar-refractivity contribution in [3.63, 3.8) is 0 Å². The van der Waals surface area contributed by atoms with Crippen molar-refractivity contribution in [2.75, 3.05) is 26.2 Å². The molecule has 0 aliphatic carbocycles. The number of aromatic nitrogens is 1. The molecule has 1 saturated heterocycles. The molecule has 1 fully saturated rings. The van der Waals surface area contributed by atoms with Crippen molar-refractivity contribution in [1.82, 2.24) is 14.2 Å². The number of rotatable bonds is 4. The van der Waals surface area contributed by atoms with E-state index in [1.807, 2.05) is 19.9 Å². The molecule has 0 radical (unpaired) electrons. The number of benzene rings is 1. The Morgan fingerprint density at radius 1 is 1.15 bits per heavy atom. The molecule has 3 rings (SSSR count). The summed E-state index contributed by atoms with van der Waals surface area (Å²) in [6.45, 7) is 5.33. The van der Waals surface area contributed by atoms with Gasteiger partial charge in [-0.1, -0.05) is 26.0 Å². The SMILES string of the molecule is CC(C)[C@H](N)C(=O)N1CCCN(S(=O)(=O)c2cccc3cnccc23)CC1. The van der Waals surface area contributed by atoms with Gasteiger partial charge in [-0.05, 0) is 24.5 Å². The average molecular weight is 391 g/mol. The van der Waals surface area contributed by atoms with Crippen LogP contribution in [0.15, 0.2) is 41.6 Å². The van der Waals surface area contributed by atoms with Gasteiger partial charge in [-0.25, -0.2) is 8.42 Å². The molecule has 1 atom stereocenters. The van der Waals surface area contributed by atoms with E-state index in [0.717, 1.165) is 5.39 Å². The molecule has 0 unspecified atom stereocenters. The Morgan fingerprint density at radius 2 is 1.93 bits per heavy atom. The first-order valence-corrected chi connectivity index (χ1v) is 10.6. The van der Waals surface area contributed by atoms with Crippen LogP contribution >= 0.6 is 0 Å². The third-order valence-electron chi connectivity index (χ3n) is 5.03. The Kier molecular flexibility index (Phi) is 5.78. The predicted octanol–water partition coefficient (Wildman–Crippen LogP) is 1.44. The van der Waals surface area contributed by atoms with E-state index in [9.17, 15) is 13.2 Å². The lowest BCUT2D eigenvalue weighted by atomic mass is 10.0. The van der Waals surface area contributed by atoms with Gasteiger partial charge in [0, 0.05) is 49.3 Å². The van der Waals surface area contributed by atoms with E-state index in [4.69, 9.17) is 5.73 Å². The summed E-state index contributed by atoms with van der Waals surface area (Å²) in [7, 11) is -3.66. The number of nitrogens with two attached hydrogens (primary N) is 1. The fourth-order valence-electron chi connectivity index (χ4n) is 3.31. The van der Waals surface area contributed by atoms with E-state index in [1.165, 1.54) is 4.31 Å². The van der Waals surface area contributed by atoms with Gasteiger partial charge in [-0.2, -0.15) is 4.31 Å². The highest BCUT2D eigenvalue weighted by Crippen LogP contribution is 2.26. The normalized spacial score (nSPS) is 17.9. The number of carbonyl (C=O) groups is 1. The van der Waals surface area contributed by atoms with Crippen LogP contribution in [0.5, 0.6) is 0 Å². The average Bonchev–Trinajstić information content (AvgIpc) is 2.93. The number of hydrogen-bond acceptors (Lipinski definition) is 5. The van der Waals surface area contributed by atoms with Crippen molar-refractivity contribution in [3.8, 4) is 0 Å². The zero-order valence-corrected chi connectivity index (χ0v) is 16.5. The van der Waals surface area contributed by atoms with Crippen LogP contribution in [0.3, 0.4) is 0 Å². The summed E-state index contributed by atoms with van der Waals surface area (Å²) < 4.78 is 28.0. The molecule has 1 aromatic heterocycles. The van der Waals surface area contributed by atoms with E-state index in [1.54, 1.807) is 35.5 Å². The fourth-order valence-corrected chi connectivity index (χ4v) is 4.99. The van der Waals surface area contributed by atoms with E-state index >= 15 is 0 Å². The summed E-state index contributed by atoms with van der Waals surface area (Å²) in [4.78, 5) is 18.5. The first-order chi connectivity index (χ1) is 12.8. The molecule has 2 heterocycles. The standard InChI is InChI=1S/C19H26N4O3S/c1-14(2)18(20)19(24)22-9-4-10-23(12-11-22)27(25,26)17-6-3-5-15-13-21-8-7-16(15)17/h3,5-8,13-14,18H,4,9-12,20H2,1-2H3/t18-/m0/s1. The molecule has 1 aromatic carbocycles. The maximum absolute atomic E-state index is 13.2. The molecule has 146 valence electrons. The lowest BCUT2D eigenvalue weighted by molar-refractivity contribution is -0.133. The third kappa shape index (κ3) is 3.97. The number of amides is 1. The minimum absolute atomic E-state index is 0.0462. The lowest BCUT2D eigenvalue weighted by Gasteiger charge is -2.26. The molecule has 7 nitrogen and oxygen atoms in total. The van der Waals surface area contributed by atoms with Crippen LogP contribution in [-0.4, -0.2) is 60.7 Å². The van der Waals surface area contributed by atoms with Crippen LogP contribution in [0.25, 0.3) is 10.8 Å². The molecule has 27 heavy (non-hydrogen) atoms. The second-order valence-electron chi connectivity index (χ2n) is 7.21. The highest BCUT2D eigenvalue weighted by Gasteiger charge is 2.31. The van der Waals surface area contributed by atoms with Crippen LogP contribution in [-0.2, 0) is 14.8 Å². The first-order valence-electron chi connectivity index (χ1n) is 9.19. The van der Waals surface area contributed by atoms with E-state index in [0.29, 0.717) is 31.4 Å². The van der Waals surface area contributed by atoms with E-state index in [2.05, 4.69) is 4.98 Å². The molecule has 0 spiro atoms. The molecule has 0 bridgehead atoms. The van der Waals surface area contributed by atoms with Gasteiger partial charge in [0.1, 0.15) is 0 Å². The van der Waals surface area contributed by atoms with Crippen molar-refractivity contribution in [3.05, 3.63) is 36.7 Å². The van der Waals surface area contributed by atoms with Crippen molar-refractivity contribution < 1.29 is 13.2 Å². The van der Waals surface area contributed by atoms with Crippen LogP contribution in [0.2, 0.25) is 0 Å². The topological polar surface area (TPSA) is 96.6 Å². The van der Waals surface area contributed by atoms with Gasteiger partial charge in [0.25, 0.3) is 0 Å². The van der Waals surface area contributed by atoms with Gasteiger partial charge in [-0.3, -0.25) is 9.78 Å². The summed E-state index contributed by atoms with van der Waals surface area (Å²) in [6.07, 6.45) is 3.84. The van der Waals surface area contributed by atoms with E-state index in [-0.39, 0.29) is 23.3 Å². The Balaban J connectivity index is 1.83. The summed E-state index contributed by atoms with van der Waals surface area (Å²) >= 11 is 0. The lowest BCUT2D eigenvalue weighted by Crippen LogP contribution is -2.47. The van der Waals surface area contributed by atoms with Crippen molar-refractivity contribution in [1.29, 1.82) is 0 Å². The Labute approximate surface area is 160 Å². The van der Waals surface area contributed by atoms with Crippen LogP contribution in [0.1, 0.15) is 20.3 Å². The second-order valence-corrected chi connectivity index (χ2v) is 9.11. The highest BCUT2D eigenvalue weighted by atomic mass is 32.2. The minimum atomic E-state index is -3.66. The van der Waals surface area contributed by atoms with E-state index < -0.39 is 16.1 Å². The second kappa shape index (κ2) is 7.92. The monoisotopic (exact) mass is 390 g/mol. The molecule has 0 saturated carbocycles. The number of fused-ring (bicyclic) bond motifs is 1. The maximum atomic E-state index is 13.2. The molecule has 2 aromatic rings. The minimum Gasteiger partial charge on any atom is -0.340 e. The first kappa shape index (κ1) is 19.7. The number of carbonyl (C=O) groups excluding carboxylic acids is 1. The quantitative estimate of drug-likeness (QED) is 0.852. The van der Waals surface area contributed by atoms with Crippen LogP contribution < -0.4 is 5.73 Å². The summed E-state index contributed by atoms with van der Waals surface area (Å²) in [5.74, 6) is -0.0645. The number of nitrogens with zero attached hydrogens (tertiary/aromatic N) is 3. The predicted molar refractivity (Wildman–Crippen MR) is 105 cm³/mol.